The van der Waals surface area contributed by atoms with Crippen LogP contribution in [0.2, 0.25) is 5.02 Å². The molecule has 1 aliphatic rings. The first-order valence-electron chi connectivity index (χ1n) is 6.59. The fourth-order valence-electron chi connectivity index (χ4n) is 2.23. The summed E-state index contributed by atoms with van der Waals surface area (Å²) in [7, 11) is -3.84. The van der Waals surface area contributed by atoms with Crippen molar-refractivity contribution in [3.63, 3.8) is 0 Å². The lowest BCUT2D eigenvalue weighted by Crippen LogP contribution is -2.40. The quantitative estimate of drug-likeness (QED) is 0.859. The van der Waals surface area contributed by atoms with Crippen molar-refractivity contribution in [2.75, 3.05) is 13.2 Å². The van der Waals surface area contributed by atoms with E-state index in [0.717, 1.165) is 18.9 Å². The highest BCUT2D eigenvalue weighted by Gasteiger charge is 2.31. The van der Waals surface area contributed by atoms with Gasteiger partial charge in [0.1, 0.15) is 5.82 Å². The van der Waals surface area contributed by atoms with E-state index in [1.807, 2.05) is 6.92 Å². The second kappa shape index (κ2) is 6.18. The van der Waals surface area contributed by atoms with Crippen molar-refractivity contribution < 1.29 is 17.5 Å². The molecule has 118 valence electrons. The fourth-order valence-corrected chi connectivity index (χ4v) is 3.63. The van der Waals surface area contributed by atoms with Crippen LogP contribution in [0.1, 0.15) is 25.3 Å². The molecule has 1 aromatic carbocycles. The average molecular weight is 337 g/mol. The number of hydrogen-bond acceptors (Lipinski definition) is 4. The number of sulfonamides is 1. The third kappa shape index (κ3) is 3.73. The van der Waals surface area contributed by atoms with Crippen molar-refractivity contribution in [3.05, 3.63) is 28.5 Å². The van der Waals surface area contributed by atoms with Crippen molar-refractivity contribution in [1.82, 2.24) is 4.72 Å². The van der Waals surface area contributed by atoms with Gasteiger partial charge in [0, 0.05) is 19.7 Å². The summed E-state index contributed by atoms with van der Waals surface area (Å²) in [4.78, 5) is -0.188. The summed E-state index contributed by atoms with van der Waals surface area (Å²) >= 11 is 5.73. The molecule has 0 aromatic heterocycles. The minimum absolute atomic E-state index is 0.0417. The largest absolute Gasteiger partial charge is 0.374 e. The number of halogens is 2. The maximum absolute atomic E-state index is 13.7. The van der Waals surface area contributed by atoms with Crippen LogP contribution in [0.3, 0.4) is 0 Å². The maximum atomic E-state index is 13.7. The van der Waals surface area contributed by atoms with Gasteiger partial charge in [-0.1, -0.05) is 11.6 Å². The summed E-state index contributed by atoms with van der Waals surface area (Å²) in [5.41, 5.74) is 5.17. The summed E-state index contributed by atoms with van der Waals surface area (Å²) in [6, 6.07) is 2.17. The van der Waals surface area contributed by atoms with E-state index < -0.39 is 21.4 Å². The summed E-state index contributed by atoms with van der Waals surface area (Å²) in [5, 5.41) is -0.150. The topological polar surface area (TPSA) is 81.4 Å². The molecule has 8 heteroatoms. The molecule has 0 spiro atoms. The summed E-state index contributed by atoms with van der Waals surface area (Å²) < 4.78 is 46.1. The van der Waals surface area contributed by atoms with Crippen LogP contribution in [0, 0.1) is 5.82 Å². The zero-order chi connectivity index (χ0) is 15.7. The molecule has 0 bridgehead atoms. The molecule has 1 unspecified atom stereocenters. The number of ether oxygens (including phenoxy) is 1. The molecule has 1 atom stereocenters. The van der Waals surface area contributed by atoms with Crippen LogP contribution in [-0.4, -0.2) is 27.2 Å². The predicted octanol–water partition coefficient (Wildman–Crippen LogP) is 1.79. The van der Waals surface area contributed by atoms with Crippen LogP contribution >= 0.6 is 11.6 Å². The number of rotatable bonds is 5. The Morgan fingerprint density at radius 3 is 2.81 bits per heavy atom. The molecule has 0 saturated carbocycles. The smallest absolute Gasteiger partial charge is 0.240 e. The molecular formula is C13H18ClFN2O3S. The van der Waals surface area contributed by atoms with E-state index >= 15 is 0 Å². The number of hydrogen-bond donors (Lipinski definition) is 2. The first-order valence-corrected chi connectivity index (χ1v) is 8.45. The van der Waals surface area contributed by atoms with Gasteiger partial charge in [-0.05, 0) is 37.5 Å². The fraction of sp³-hybridized carbons (Fsp3) is 0.538. The van der Waals surface area contributed by atoms with Crippen molar-refractivity contribution in [3.8, 4) is 0 Å². The van der Waals surface area contributed by atoms with Crippen LogP contribution in [0.5, 0.6) is 0 Å². The first-order chi connectivity index (χ1) is 9.77. The maximum Gasteiger partial charge on any atom is 0.240 e. The zero-order valence-corrected chi connectivity index (χ0v) is 13.2. The van der Waals surface area contributed by atoms with Gasteiger partial charge in [0.05, 0.1) is 15.5 Å². The SMILES string of the molecule is CC1(CNS(=O)(=O)c2cc(F)c(Cl)c(CN)c2)CCCO1. The van der Waals surface area contributed by atoms with Crippen molar-refractivity contribution >= 4 is 21.6 Å². The Morgan fingerprint density at radius 1 is 1.52 bits per heavy atom. The highest BCUT2D eigenvalue weighted by Crippen LogP contribution is 2.26. The normalized spacial score (nSPS) is 22.7. The molecule has 1 heterocycles. The molecule has 0 aliphatic carbocycles. The minimum atomic E-state index is -3.84. The highest BCUT2D eigenvalue weighted by atomic mass is 35.5. The Hall–Kier alpha value is -0.730. The summed E-state index contributed by atoms with van der Waals surface area (Å²) in [6.45, 7) is 2.55. The van der Waals surface area contributed by atoms with Crippen LogP contribution in [0.15, 0.2) is 17.0 Å². The number of nitrogens with two attached hydrogens (primary N) is 1. The van der Waals surface area contributed by atoms with Gasteiger partial charge in [-0.2, -0.15) is 0 Å². The first kappa shape index (κ1) is 16.6. The van der Waals surface area contributed by atoms with Gasteiger partial charge in [0.25, 0.3) is 0 Å². The van der Waals surface area contributed by atoms with Gasteiger partial charge in [0.15, 0.2) is 0 Å². The van der Waals surface area contributed by atoms with E-state index in [1.54, 1.807) is 0 Å². The van der Waals surface area contributed by atoms with Gasteiger partial charge < -0.3 is 10.5 Å². The van der Waals surface area contributed by atoms with E-state index in [4.69, 9.17) is 22.1 Å². The number of nitrogens with one attached hydrogen (secondary N) is 1. The number of benzene rings is 1. The lowest BCUT2D eigenvalue weighted by atomic mass is 10.0. The van der Waals surface area contributed by atoms with Crippen molar-refractivity contribution in [2.24, 2.45) is 5.73 Å². The molecule has 3 N–H and O–H groups in total. The van der Waals surface area contributed by atoms with E-state index in [9.17, 15) is 12.8 Å². The van der Waals surface area contributed by atoms with Gasteiger partial charge in [-0.3, -0.25) is 0 Å². The molecule has 5 nitrogen and oxygen atoms in total. The highest BCUT2D eigenvalue weighted by molar-refractivity contribution is 7.89. The summed E-state index contributed by atoms with van der Waals surface area (Å²) in [5.74, 6) is -0.802. The molecule has 1 fully saturated rings. The molecule has 0 radical (unpaired) electrons. The van der Waals surface area contributed by atoms with Crippen LogP contribution in [0.4, 0.5) is 4.39 Å². The summed E-state index contributed by atoms with van der Waals surface area (Å²) in [6.07, 6.45) is 1.67. The second-order valence-electron chi connectivity index (χ2n) is 5.31. The Balaban J connectivity index is 2.21. The van der Waals surface area contributed by atoms with Crippen LogP contribution < -0.4 is 10.5 Å². The monoisotopic (exact) mass is 336 g/mol. The second-order valence-corrected chi connectivity index (χ2v) is 7.45. The molecule has 1 aliphatic heterocycles. The molecule has 1 saturated heterocycles. The third-order valence-electron chi connectivity index (χ3n) is 3.54. The molecule has 0 amide bonds. The predicted molar refractivity (Wildman–Crippen MR) is 78.1 cm³/mol. The van der Waals surface area contributed by atoms with Gasteiger partial charge in [-0.25, -0.2) is 17.5 Å². The minimum Gasteiger partial charge on any atom is -0.374 e. The molecule has 2 rings (SSSR count). The van der Waals surface area contributed by atoms with Crippen LogP contribution in [-0.2, 0) is 21.3 Å². The van der Waals surface area contributed by atoms with E-state index in [-0.39, 0.29) is 28.6 Å². The van der Waals surface area contributed by atoms with Gasteiger partial charge in [0.2, 0.25) is 10.0 Å². The third-order valence-corrected chi connectivity index (χ3v) is 5.35. The Bertz CT molecular complexity index is 631. The Kier molecular flexibility index (Phi) is 4.89. The zero-order valence-electron chi connectivity index (χ0n) is 11.7. The van der Waals surface area contributed by atoms with Crippen LogP contribution in [0.25, 0.3) is 0 Å². The standard InChI is InChI=1S/C13H18ClFN2O3S/c1-13(3-2-4-20-13)8-17-21(18,19)10-5-9(7-16)12(14)11(15)6-10/h5-6,17H,2-4,7-8,16H2,1H3. The lowest BCUT2D eigenvalue weighted by Gasteiger charge is -2.23. The van der Waals surface area contributed by atoms with Crippen molar-refractivity contribution in [1.29, 1.82) is 0 Å². The van der Waals surface area contributed by atoms with Gasteiger partial charge in [-0.15, -0.1) is 0 Å². The Morgan fingerprint density at radius 2 is 2.24 bits per heavy atom. The van der Waals surface area contributed by atoms with E-state index in [2.05, 4.69) is 4.72 Å². The van der Waals surface area contributed by atoms with E-state index in [0.29, 0.717) is 6.61 Å². The molecular weight excluding hydrogens is 319 g/mol. The Labute approximate surface area is 128 Å². The van der Waals surface area contributed by atoms with E-state index in [1.165, 1.54) is 6.07 Å². The molecule has 21 heavy (non-hydrogen) atoms. The van der Waals surface area contributed by atoms with Crippen molar-refractivity contribution in [2.45, 2.75) is 36.8 Å². The average Bonchev–Trinajstić information content (AvgIpc) is 2.87. The lowest BCUT2D eigenvalue weighted by molar-refractivity contribution is 0.0250. The van der Waals surface area contributed by atoms with Gasteiger partial charge >= 0.3 is 0 Å². The molecule has 1 aromatic rings.